The molecule has 0 aromatic carbocycles. The fourth-order valence-electron chi connectivity index (χ4n) is 2.51. The first-order chi connectivity index (χ1) is 9.60. The average molecular weight is 280 g/mol. The Hall–Kier alpha value is -1.33. The average Bonchev–Trinajstić information content (AvgIpc) is 2.95. The predicted octanol–water partition coefficient (Wildman–Crippen LogP) is 2.06. The maximum atomic E-state index is 11.3. The van der Waals surface area contributed by atoms with Gasteiger partial charge in [0.2, 0.25) is 5.76 Å². The molecule has 2 heterocycles. The van der Waals surface area contributed by atoms with Gasteiger partial charge in [0.15, 0.2) is 0 Å². The molecular weight excluding hydrogens is 256 g/mol. The molecule has 5 heteroatoms. The summed E-state index contributed by atoms with van der Waals surface area (Å²) in [6.45, 7) is 5.39. The second-order valence-corrected chi connectivity index (χ2v) is 5.57. The number of nitrogens with zero attached hydrogens (tertiary/aromatic N) is 1. The summed E-state index contributed by atoms with van der Waals surface area (Å²) >= 11 is 0. The molecule has 1 atom stereocenters. The largest absolute Gasteiger partial charge is 0.463 e. The van der Waals surface area contributed by atoms with Crippen LogP contribution >= 0.6 is 0 Å². The number of hydrogen-bond acceptors (Lipinski definition) is 5. The van der Waals surface area contributed by atoms with E-state index in [1.54, 1.807) is 6.07 Å². The van der Waals surface area contributed by atoms with Gasteiger partial charge in [0.1, 0.15) is 5.76 Å². The Bertz CT molecular complexity index is 436. The molecule has 0 radical (unpaired) electrons. The highest BCUT2D eigenvalue weighted by molar-refractivity contribution is 5.86. The van der Waals surface area contributed by atoms with E-state index in [0.717, 1.165) is 18.2 Å². The molecular formula is C15H24N2O3. The van der Waals surface area contributed by atoms with E-state index in [1.807, 2.05) is 6.07 Å². The van der Waals surface area contributed by atoms with Crippen LogP contribution in [-0.4, -0.2) is 44.7 Å². The van der Waals surface area contributed by atoms with Crippen LogP contribution in [0.1, 0.15) is 42.1 Å². The van der Waals surface area contributed by atoms with Crippen molar-refractivity contribution >= 4 is 5.97 Å². The molecule has 0 amide bonds. The van der Waals surface area contributed by atoms with E-state index < -0.39 is 5.97 Å². The van der Waals surface area contributed by atoms with E-state index in [-0.39, 0.29) is 11.8 Å². The molecule has 0 spiro atoms. The molecule has 0 saturated carbocycles. The Kier molecular flexibility index (Phi) is 5.20. The van der Waals surface area contributed by atoms with Crippen molar-refractivity contribution < 1.29 is 13.9 Å². The summed E-state index contributed by atoms with van der Waals surface area (Å²) < 4.78 is 10.1. The lowest BCUT2D eigenvalue weighted by molar-refractivity contribution is 0.0562. The minimum absolute atomic E-state index is 0.105. The monoisotopic (exact) mass is 280 g/mol. The number of nitrogens with one attached hydrogen (secondary N) is 1. The number of likely N-dealkylation sites (tertiary alicyclic amines) is 1. The highest BCUT2D eigenvalue weighted by Gasteiger charge is 2.19. The number of ether oxygens (including phenoxy) is 1. The van der Waals surface area contributed by atoms with Crippen LogP contribution in [-0.2, 0) is 4.74 Å². The van der Waals surface area contributed by atoms with Gasteiger partial charge in [-0.05, 0) is 64.5 Å². The standard InChI is InChI=1S/C15H24N2O3/c1-11(13-4-5-14(20-13)15(18)19-3)16-10-12-6-8-17(2)9-7-12/h4-5,11-12,16H,6-10H2,1-3H3. The number of esters is 1. The van der Waals surface area contributed by atoms with Gasteiger partial charge in [-0.15, -0.1) is 0 Å². The minimum atomic E-state index is -0.432. The Morgan fingerprint density at radius 3 is 2.85 bits per heavy atom. The van der Waals surface area contributed by atoms with E-state index in [1.165, 1.54) is 33.0 Å². The summed E-state index contributed by atoms with van der Waals surface area (Å²) in [5.74, 6) is 1.33. The number of methoxy groups -OCH3 is 1. The lowest BCUT2D eigenvalue weighted by Crippen LogP contribution is -2.35. The third-order valence-corrected chi connectivity index (χ3v) is 3.99. The molecule has 1 aliphatic rings. The Morgan fingerprint density at radius 1 is 1.50 bits per heavy atom. The van der Waals surface area contributed by atoms with Crippen LogP contribution in [0.25, 0.3) is 0 Å². The number of furan rings is 1. The molecule has 1 unspecified atom stereocenters. The first-order valence-electron chi connectivity index (χ1n) is 7.20. The highest BCUT2D eigenvalue weighted by atomic mass is 16.5. The molecule has 1 aliphatic heterocycles. The van der Waals surface area contributed by atoms with Crippen molar-refractivity contribution in [3.63, 3.8) is 0 Å². The van der Waals surface area contributed by atoms with Crippen LogP contribution < -0.4 is 5.32 Å². The fourth-order valence-corrected chi connectivity index (χ4v) is 2.51. The summed E-state index contributed by atoms with van der Waals surface area (Å²) in [7, 11) is 3.52. The summed E-state index contributed by atoms with van der Waals surface area (Å²) in [6.07, 6.45) is 2.48. The van der Waals surface area contributed by atoms with E-state index >= 15 is 0 Å². The molecule has 1 aromatic rings. The summed E-state index contributed by atoms with van der Waals surface area (Å²) in [4.78, 5) is 13.7. The maximum absolute atomic E-state index is 11.3. The molecule has 1 saturated heterocycles. The summed E-state index contributed by atoms with van der Waals surface area (Å²) in [6, 6.07) is 3.60. The second kappa shape index (κ2) is 6.90. The lowest BCUT2D eigenvalue weighted by atomic mass is 9.97. The van der Waals surface area contributed by atoms with E-state index in [2.05, 4.69) is 28.9 Å². The molecule has 5 nitrogen and oxygen atoms in total. The number of carbonyl (C=O) groups excluding carboxylic acids is 1. The molecule has 20 heavy (non-hydrogen) atoms. The third kappa shape index (κ3) is 3.84. The van der Waals surface area contributed by atoms with Crippen molar-refractivity contribution in [1.29, 1.82) is 0 Å². The molecule has 1 N–H and O–H groups in total. The zero-order valence-electron chi connectivity index (χ0n) is 12.5. The maximum Gasteiger partial charge on any atom is 0.373 e. The van der Waals surface area contributed by atoms with E-state index in [9.17, 15) is 4.79 Å². The van der Waals surface area contributed by atoms with Gasteiger partial charge in [0, 0.05) is 0 Å². The number of rotatable bonds is 5. The van der Waals surface area contributed by atoms with Crippen molar-refractivity contribution in [1.82, 2.24) is 10.2 Å². The van der Waals surface area contributed by atoms with Gasteiger partial charge < -0.3 is 19.4 Å². The molecule has 0 aliphatic carbocycles. The third-order valence-electron chi connectivity index (χ3n) is 3.99. The van der Waals surface area contributed by atoms with Crippen LogP contribution in [0.5, 0.6) is 0 Å². The highest BCUT2D eigenvalue weighted by Crippen LogP contribution is 2.19. The van der Waals surface area contributed by atoms with E-state index in [4.69, 9.17) is 4.42 Å². The molecule has 112 valence electrons. The summed E-state index contributed by atoms with van der Waals surface area (Å²) in [5, 5.41) is 3.49. The first kappa shape index (κ1) is 15.1. The Labute approximate surface area is 120 Å². The fraction of sp³-hybridized carbons (Fsp3) is 0.667. The number of hydrogen-bond donors (Lipinski definition) is 1. The number of piperidine rings is 1. The van der Waals surface area contributed by atoms with Gasteiger partial charge in [0.05, 0.1) is 13.2 Å². The van der Waals surface area contributed by atoms with Crippen molar-refractivity contribution in [3.05, 3.63) is 23.7 Å². The smallest absolute Gasteiger partial charge is 0.373 e. The van der Waals surface area contributed by atoms with Crippen molar-refractivity contribution in [2.45, 2.75) is 25.8 Å². The SMILES string of the molecule is COC(=O)c1ccc(C(C)NCC2CCN(C)CC2)o1. The molecule has 1 aromatic heterocycles. The van der Waals surface area contributed by atoms with Gasteiger partial charge in [-0.1, -0.05) is 0 Å². The second-order valence-electron chi connectivity index (χ2n) is 5.57. The van der Waals surface area contributed by atoms with Gasteiger partial charge in [-0.2, -0.15) is 0 Å². The van der Waals surface area contributed by atoms with Gasteiger partial charge in [-0.3, -0.25) is 0 Å². The molecule has 1 fully saturated rings. The zero-order chi connectivity index (χ0) is 14.5. The van der Waals surface area contributed by atoms with Crippen LogP contribution in [0.4, 0.5) is 0 Å². The van der Waals surface area contributed by atoms with Crippen molar-refractivity contribution in [2.75, 3.05) is 33.8 Å². The van der Waals surface area contributed by atoms with Crippen molar-refractivity contribution in [2.24, 2.45) is 5.92 Å². The lowest BCUT2D eigenvalue weighted by Gasteiger charge is -2.29. The van der Waals surface area contributed by atoms with Gasteiger partial charge in [-0.25, -0.2) is 4.79 Å². The summed E-state index contributed by atoms with van der Waals surface area (Å²) in [5.41, 5.74) is 0. The van der Waals surface area contributed by atoms with Gasteiger partial charge >= 0.3 is 5.97 Å². The molecule has 0 bridgehead atoms. The van der Waals surface area contributed by atoms with E-state index in [0.29, 0.717) is 0 Å². The first-order valence-corrected chi connectivity index (χ1v) is 7.20. The van der Waals surface area contributed by atoms with Crippen molar-refractivity contribution in [3.8, 4) is 0 Å². The molecule has 2 rings (SSSR count). The minimum Gasteiger partial charge on any atom is -0.463 e. The zero-order valence-corrected chi connectivity index (χ0v) is 12.5. The topological polar surface area (TPSA) is 54.7 Å². The van der Waals surface area contributed by atoms with Gasteiger partial charge in [0.25, 0.3) is 0 Å². The van der Waals surface area contributed by atoms with Crippen LogP contribution in [0, 0.1) is 5.92 Å². The van der Waals surface area contributed by atoms with Crippen LogP contribution in [0.3, 0.4) is 0 Å². The normalized spacial score (nSPS) is 18.9. The van der Waals surface area contributed by atoms with Crippen LogP contribution in [0.15, 0.2) is 16.5 Å². The van der Waals surface area contributed by atoms with Crippen LogP contribution in [0.2, 0.25) is 0 Å². The number of carbonyl (C=O) groups is 1. The Balaban J connectivity index is 1.81. The quantitative estimate of drug-likeness (QED) is 0.837. The predicted molar refractivity (Wildman–Crippen MR) is 76.7 cm³/mol. The Morgan fingerprint density at radius 2 is 2.20 bits per heavy atom.